The van der Waals surface area contributed by atoms with Crippen LogP contribution in [0.25, 0.3) is 0 Å². The quantitative estimate of drug-likeness (QED) is 0.540. The number of benzene rings is 1. The van der Waals surface area contributed by atoms with E-state index in [2.05, 4.69) is 5.16 Å². The SMILES string of the molecule is CO/N=C1\CCOc2ccc(N)cc21. The molecule has 0 aromatic heterocycles. The summed E-state index contributed by atoms with van der Waals surface area (Å²) in [7, 11) is 1.54. The van der Waals surface area contributed by atoms with Gasteiger partial charge in [0, 0.05) is 17.7 Å². The molecule has 1 aliphatic rings. The third-order valence-corrected chi connectivity index (χ3v) is 2.11. The molecule has 0 spiro atoms. The highest BCUT2D eigenvalue weighted by Crippen LogP contribution is 2.26. The molecule has 1 aliphatic heterocycles. The van der Waals surface area contributed by atoms with Crippen molar-refractivity contribution in [3.63, 3.8) is 0 Å². The van der Waals surface area contributed by atoms with Crippen molar-refractivity contribution >= 4 is 11.4 Å². The molecule has 0 fully saturated rings. The maximum atomic E-state index is 5.69. The van der Waals surface area contributed by atoms with Crippen LogP contribution in [-0.2, 0) is 4.84 Å². The van der Waals surface area contributed by atoms with Crippen molar-refractivity contribution in [2.45, 2.75) is 6.42 Å². The van der Waals surface area contributed by atoms with Crippen LogP contribution in [-0.4, -0.2) is 19.4 Å². The fourth-order valence-electron chi connectivity index (χ4n) is 1.50. The zero-order chi connectivity index (χ0) is 9.97. The van der Waals surface area contributed by atoms with E-state index < -0.39 is 0 Å². The molecule has 0 amide bonds. The van der Waals surface area contributed by atoms with E-state index in [0.29, 0.717) is 12.3 Å². The average molecular weight is 192 g/mol. The number of oxime groups is 1. The van der Waals surface area contributed by atoms with Crippen molar-refractivity contribution in [3.05, 3.63) is 23.8 Å². The summed E-state index contributed by atoms with van der Waals surface area (Å²) >= 11 is 0. The van der Waals surface area contributed by atoms with Gasteiger partial charge in [-0.25, -0.2) is 0 Å². The minimum Gasteiger partial charge on any atom is -0.492 e. The molecule has 0 atom stereocenters. The van der Waals surface area contributed by atoms with Crippen LogP contribution in [0.3, 0.4) is 0 Å². The van der Waals surface area contributed by atoms with E-state index >= 15 is 0 Å². The third-order valence-electron chi connectivity index (χ3n) is 2.11. The average Bonchev–Trinajstić information content (AvgIpc) is 2.19. The van der Waals surface area contributed by atoms with Gasteiger partial charge in [-0.15, -0.1) is 0 Å². The lowest BCUT2D eigenvalue weighted by molar-refractivity contribution is 0.210. The van der Waals surface area contributed by atoms with Gasteiger partial charge in [-0.1, -0.05) is 5.16 Å². The van der Waals surface area contributed by atoms with E-state index in [1.165, 1.54) is 7.11 Å². The van der Waals surface area contributed by atoms with Crippen molar-refractivity contribution in [2.75, 3.05) is 19.5 Å². The molecular weight excluding hydrogens is 180 g/mol. The second kappa shape index (κ2) is 3.57. The van der Waals surface area contributed by atoms with Crippen LogP contribution in [0.5, 0.6) is 5.75 Å². The van der Waals surface area contributed by atoms with Gasteiger partial charge in [0.2, 0.25) is 0 Å². The summed E-state index contributed by atoms with van der Waals surface area (Å²) in [6.07, 6.45) is 0.754. The summed E-state index contributed by atoms with van der Waals surface area (Å²) in [4.78, 5) is 4.77. The van der Waals surface area contributed by atoms with Gasteiger partial charge in [-0.05, 0) is 18.2 Å². The molecule has 2 N–H and O–H groups in total. The van der Waals surface area contributed by atoms with Gasteiger partial charge in [0.05, 0.1) is 12.3 Å². The molecule has 0 bridgehead atoms. The van der Waals surface area contributed by atoms with Crippen LogP contribution in [0.15, 0.2) is 23.4 Å². The van der Waals surface area contributed by atoms with Gasteiger partial charge >= 0.3 is 0 Å². The molecule has 0 radical (unpaired) electrons. The monoisotopic (exact) mass is 192 g/mol. The molecule has 14 heavy (non-hydrogen) atoms. The first kappa shape index (κ1) is 8.87. The zero-order valence-electron chi connectivity index (χ0n) is 7.99. The van der Waals surface area contributed by atoms with Crippen LogP contribution in [0.4, 0.5) is 5.69 Å². The molecule has 1 aromatic rings. The highest BCUT2D eigenvalue weighted by Gasteiger charge is 2.17. The molecule has 0 saturated heterocycles. The predicted octanol–water partition coefficient (Wildman–Crippen LogP) is 1.40. The summed E-state index contributed by atoms with van der Waals surface area (Å²) in [6.45, 7) is 0.638. The lowest BCUT2D eigenvalue weighted by atomic mass is 10.0. The predicted molar refractivity (Wildman–Crippen MR) is 54.5 cm³/mol. The van der Waals surface area contributed by atoms with Gasteiger partial charge in [0.15, 0.2) is 0 Å². The molecule has 74 valence electrons. The number of anilines is 1. The Morgan fingerprint density at radius 3 is 3.14 bits per heavy atom. The first-order valence-corrected chi connectivity index (χ1v) is 4.44. The van der Waals surface area contributed by atoms with E-state index in [-0.39, 0.29) is 0 Å². The van der Waals surface area contributed by atoms with Gasteiger partial charge in [0.1, 0.15) is 12.9 Å². The zero-order valence-corrected chi connectivity index (χ0v) is 7.99. The van der Waals surface area contributed by atoms with Crippen molar-refractivity contribution in [1.82, 2.24) is 0 Å². The maximum Gasteiger partial charge on any atom is 0.128 e. The number of hydrogen-bond acceptors (Lipinski definition) is 4. The second-order valence-corrected chi connectivity index (χ2v) is 3.07. The number of hydrogen-bond donors (Lipinski definition) is 1. The summed E-state index contributed by atoms with van der Waals surface area (Å²) in [5.74, 6) is 0.821. The van der Waals surface area contributed by atoms with Gasteiger partial charge in [-0.3, -0.25) is 0 Å². The normalized spacial score (nSPS) is 17.4. The van der Waals surface area contributed by atoms with Crippen LogP contribution in [0, 0.1) is 0 Å². The van der Waals surface area contributed by atoms with Crippen molar-refractivity contribution in [2.24, 2.45) is 5.16 Å². The summed E-state index contributed by atoms with van der Waals surface area (Å²) in [5.41, 5.74) is 8.21. The van der Waals surface area contributed by atoms with Crippen LogP contribution in [0.1, 0.15) is 12.0 Å². The van der Waals surface area contributed by atoms with Crippen molar-refractivity contribution in [1.29, 1.82) is 0 Å². The summed E-state index contributed by atoms with van der Waals surface area (Å²) in [5, 5.41) is 3.95. The Balaban J connectivity index is 2.47. The molecule has 4 nitrogen and oxygen atoms in total. The van der Waals surface area contributed by atoms with Gasteiger partial charge in [-0.2, -0.15) is 0 Å². The summed E-state index contributed by atoms with van der Waals surface area (Å²) in [6, 6.07) is 5.52. The number of nitrogen functional groups attached to an aromatic ring is 1. The summed E-state index contributed by atoms with van der Waals surface area (Å²) < 4.78 is 5.46. The molecular formula is C10H12N2O2. The highest BCUT2D eigenvalue weighted by molar-refractivity contribution is 6.04. The Morgan fingerprint density at radius 1 is 1.50 bits per heavy atom. The Kier molecular flexibility index (Phi) is 2.26. The maximum absolute atomic E-state index is 5.69. The number of nitrogens with zero attached hydrogens (tertiary/aromatic N) is 1. The molecule has 4 heteroatoms. The number of ether oxygens (including phenoxy) is 1. The lowest BCUT2D eigenvalue weighted by Gasteiger charge is -2.18. The highest BCUT2D eigenvalue weighted by atomic mass is 16.6. The molecule has 0 saturated carbocycles. The first-order chi connectivity index (χ1) is 6.81. The molecule has 0 unspecified atom stereocenters. The standard InChI is InChI=1S/C10H12N2O2/c1-13-12-9-4-5-14-10-3-2-7(11)6-8(9)10/h2-3,6H,4-5,11H2,1H3/b12-9+. The van der Waals surface area contributed by atoms with Crippen LogP contribution in [0.2, 0.25) is 0 Å². The van der Waals surface area contributed by atoms with E-state index in [4.69, 9.17) is 15.3 Å². The largest absolute Gasteiger partial charge is 0.492 e. The second-order valence-electron chi connectivity index (χ2n) is 3.07. The number of nitrogens with two attached hydrogens (primary N) is 1. The Labute approximate surface area is 82.3 Å². The van der Waals surface area contributed by atoms with E-state index in [1.807, 2.05) is 18.2 Å². The molecule has 0 aliphatic carbocycles. The lowest BCUT2D eigenvalue weighted by Crippen LogP contribution is -2.16. The van der Waals surface area contributed by atoms with E-state index in [9.17, 15) is 0 Å². The van der Waals surface area contributed by atoms with Crippen molar-refractivity contribution in [3.8, 4) is 5.75 Å². The number of fused-ring (bicyclic) bond motifs is 1. The van der Waals surface area contributed by atoms with Crippen LogP contribution >= 0.6 is 0 Å². The van der Waals surface area contributed by atoms with E-state index in [0.717, 1.165) is 23.4 Å². The molecule has 2 rings (SSSR count). The Morgan fingerprint density at radius 2 is 2.36 bits per heavy atom. The topological polar surface area (TPSA) is 56.8 Å². The Hall–Kier alpha value is -1.71. The number of rotatable bonds is 1. The van der Waals surface area contributed by atoms with E-state index in [1.54, 1.807) is 0 Å². The first-order valence-electron chi connectivity index (χ1n) is 4.44. The van der Waals surface area contributed by atoms with Crippen molar-refractivity contribution < 1.29 is 9.57 Å². The molecule has 1 aromatic carbocycles. The smallest absolute Gasteiger partial charge is 0.128 e. The van der Waals surface area contributed by atoms with Crippen LogP contribution < -0.4 is 10.5 Å². The Bertz CT molecular complexity index is 374. The minimum atomic E-state index is 0.638. The fourth-order valence-corrected chi connectivity index (χ4v) is 1.50. The molecule has 1 heterocycles. The fraction of sp³-hybridized carbons (Fsp3) is 0.300. The third kappa shape index (κ3) is 1.51. The van der Waals surface area contributed by atoms with Gasteiger partial charge in [0.25, 0.3) is 0 Å². The van der Waals surface area contributed by atoms with Gasteiger partial charge < -0.3 is 15.3 Å². The minimum absolute atomic E-state index is 0.638.